The molecule has 3 fully saturated rings. The molecular formula is C31H34FN7O4. The molecule has 4 heterocycles. The second-order valence-corrected chi connectivity index (χ2v) is 11.2. The molecule has 0 aliphatic carbocycles. The Morgan fingerprint density at radius 1 is 1.19 bits per heavy atom. The summed E-state index contributed by atoms with van der Waals surface area (Å²) >= 11 is 0. The van der Waals surface area contributed by atoms with Gasteiger partial charge < -0.3 is 24.8 Å². The summed E-state index contributed by atoms with van der Waals surface area (Å²) in [7, 11) is 0. The van der Waals surface area contributed by atoms with Gasteiger partial charge in [-0.05, 0) is 62.2 Å². The Morgan fingerprint density at radius 2 is 2.00 bits per heavy atom. The molecule has 2 N–H and O–H groups in total. The Kier molecular flexibility index (Phi) is 8.47. The number of halogens is 1. The molecule has 2 aromatic carbocycles. The summed E-state index contributed by atoms with van der Waals surface area (Å²) in [5, 5.41) is 22.5. The van der Waals surface area contributed by atoms with E-state index in [1.165, 1.54) is 30.1 Å². The molecule has 0 saturated carbocycles. The maximum atomic E-state index is 14.9. The van der Waals surface area contributed by atoms with Crippen LogP contribution in [0.25, 0.3) is 11.4 Å². The molecule has 0 bridgehead atoms. The van der Waals surface area contributed by atoms with Crippen molar-refractivity contribution in [1.29, 1.82) is 5.26 Å². The van der Waals surface area contributed by atoms with E-state index in [2.05, 4.69) is 43.4 Å². The van der Waals surface area contributed by atoms with Gasteiger partial charge in [-0.15, -0.1) is 0 Å². The van der Waals surface area contributed by atoms with Crippen LogP contribution in [0.1, 0.15) is 43.4 Å². The van der Waals surface area contributed by atoms with Gasteiger partial charge in [-0.25, -0.2) is 14.4 Å². The average molecular weight is 588 g/mol. The van der Waals surface area contributed by atoms with Gasteiger partial charge in [-0.3, -0.25) is 9.69 Å². The normalized spacial score (nSPS) is 23.3. The van der Waals surface area contributed by atoms with E-state index in [1.54, 1.807) is 18.2 Å². The molecule has 1 unspecified atom stereocenters. The first kappa shape index (κ1) is 28.9. The van der Waals surface area contributed by atoms with Crippen LogP contribution in [0.5, 0.6) is 5.75 Å². The number of nitriles is 1. The predicted molar refractivity (Wildman–Crippen MR) is 155 cm³/mol. The van der Waals surface area contributed by atoms with Gasteiger partial charge in [-0.1, -0.05) is 12.1 Å². The molecule has 3 saturated heterocycles. The topological polar surface area (TPSA) is 137 Å². The molecule has 6 rings (SSSR count). The fraction of sp³-hybridized carbons (Fsp3) is 0.452. The van der Waals surface area contributed by atoms with E-state index in [0.717, 1.165) is 31.9 Å². The zero-order valence-corrected chi connectivity index (χ0v) is 23.9. The minimum absolute atomic E-state index is 0.174. The number of benzene rings is 2. The van der Waals surface area contributed by atoms with Crippen LogP contribution in [-0.4, -0.2) is 93.0 Å². The summed E-state index contributed by atoms with van der Waals surface area (Å²) < 4.78 is 26.1. The second-order valence-electron chi connectivity index (χ2n) is 11.2. The van der Waals surface area contributed by atoms with Gasteiger partial charge in [-0.2, -0.15) is 10.2 Å². The van der Waals surface area contributed by atoms with E-state index in [9.17, 15) is 19.6 Å². The molecular weight excluding hydrogens is 553 g/mol. The van der Waals surface area contributed by atoms with Crippen LogP contribution in [-0.2, 0) is 9.53 Å². The molecule has 224 valence electrons. The van der Waals surface area contributed by atoms with E-state index < -0.39 is 24.3 Å². The maximum absolute atomic E-state index is 14.9. The highest BCUT2D eigenvalue weighted by Gasteiger charge is 2.36. The second kappa shape index (κ2) is 12.6. The van der Waals surface area contributed by atoms with E-state index in [-0.39, 0.29) is 30.8 Å². The van der Waals surface area contributed by atoms with Gasteiger partial charge in [0.15, 0.2) is 12.0 Å². The van der Waals surface area contributed by atoms with Crippen LogP contribution in [0.15, 0.2) is 48.8 Å². The standard InChI is InChI=1S/C31H34FN7O4/c1-19(40)30(41)38-12-10-28(25(32)15-38)43-27-9-6-21(13-22(27)14-33)29-34-18-35-31(37-29)36-23-7-4-20(5-8-23)26-3-2-11-39(26)24-16-42-17-24/h4-9,13,18-19,24-26,28,40H,2-3,10-12,15-17H2,1H3,(H,34,35,36,37)/t19?,25-,26-,28+/m1/s1. The molecule has 0 radical (unpaired) electrons. The number of aromatic nitrogens is 3. The molecule has 3 aliphatic rings. The fourth-order valence-corrected chi connectivity index (χ4v) is 5.91. The highest BCUT2D eigenvalue weighted by Crippen LogP contribution is 2.36. The number of carbonyl (C=O) groups excluding carboxylic acids is 1. The van der Waals surface area contributed by atoms with Crippen molar-refractivity contribution in [3.63, 3.8) is 0 Å². The van der Waals surface area contributed by atoms with Gasteiger partial charge >= 0.3 is 0 Å². The number of anilines is 2. The first-order valence-corrected chi connectivity index (χ1v) is 14.6. The van der Waals surface area contributed by atoms with E-state index >= 15 is 0 Å². The quantitative estimate of drug-likeness (QED) is 0.404. The molecule has 11 nitrogen and oxygen atoms in total. The lowest BCUT2D eigenvalue weighted by molar-refractivity contribution is -0.143. The maximum Gasteiger partial charge on any atom is 0.251 e. The molecule has 43 heavy (non-hydrogen) atoms. The van der Waals surface area contributed by atoms with E-state index in [0.29, 0.717) is 29.4 Å². The van der Waals surface area contributed by atoms with E-state index in [4.69, 9.17) is 9.47 Å². The summed E-state index contributed by atoms with van der Waals surface area (Å²) in [4.78, 5) is 28.9. The number of piperidine rings is 1. The zero-order valence-electron chi connectivity index (χ0n) is 23.9. The number of alkyl halides is 1. The average Bonchev–Trinajstić information content (AvgIpc) is 3.46. The molecule has 1 amide bonds. The van der Waals surface area contributed by atoms with Crippen molar-refractivity contribution in [2.24, 2.45) is 0 Å². The van der Waals surface area contributed by atoms with Gasteiger partial charge in [0.2, 0.25) is 5.95 Å². The van der Waals surface area contributed by atoms with Gasteiger partial charge in [0, 0.05) is 30.3 Å². The van der Waals surface area contributed by atoms with Gasteiger partial charge in [0.1, 0.15) is 30.4 Å². The highest BCUT2D eigenvalue weighted by atomic mass is 19.1. The first-order valence-electron chi connectivity index (χ1n) is 14.6. The number of rotatable bonds is 8. The lowest BCUT2D eigenvalue weighted by Crippen LogP contribution is -2.51. The number of likely N-dealkylation sites (tertiary alicyclic amines) is 2. The summed E-state index contributed by atoms with van der Waals surface area (Å²) in [5.41, 5.74) is 2.93. The summed E-state index contributed by atoms with van der Waals surface area (Å²) in [6, 6.07) is 16.3. The Hall–Kier alpha value is -4.18. The van der Waals surface area contributed by atoms with E-state index in [1.807, 2.05) is 12.1 Å². The SMILES string of the molecule is CC(O)C(=O)N1CC[C@H](Oc2ccc(-c3ncnc(Nc4ccc([C@H]5CCCN5C5COC5)cc4)n3)cc2C#N)[C@H](F)C1. The van der Waals surface area contributed by atoms with Gasteiger partial charge in [0.25, 0.3) is 5.91 Å². The first-order chi connectivity index (χ1) is 20.9. The third-order valence-corrected chi connectivity index (χ3v) is 8.29. The predicted octanol–water partition coefficient (Wildman–Crippen LogP) is 3.39. The Morgan fingerprint density at radius 3 is 2.70 bits per heavy atom. The third-order valence-electron chi connectivity index (χ3n) is 8.29. The van der Waals surface area contributed by atoms with Crippen LogP contribution in [0, 0.1) is 11.3 Å². The Bertz CT molecular complexity index is 1490. The number of nitrogens with zero attached hydrogens (tertiary/aromatic N) is 6. The molecule has 1 aromatic heterocycles. The lowest BCUT2D eigenvalue weighted by Gasteiger charge is -2.38. The summed E-state index contributed by atoms with van der Waals surface area (Å²) in [5.74, 6) is 0.466. The molecule has 0 spiro atoms. The molecule has 12 heteroatoms. The van der Waals surface area contributed by atoms with Crippen LogP contribution in [0.4, 0.5) is 16.0 Å². The number of hydrogen-bond donors (Lipinski definition) is 2. The van der Waals surface area contributed by atoms with Gasteiger partial charge in [0.05, 0.1) is 31.4 Å². The molecule has 3 aromatic rings. The number of aliphatic hydroxyl groups excluding tert-OH is 1. The highest BCUT2D eigenvalue weighted by molar-refractivity contribution is 5.80. The number of amides is 1. The fourth-order valence-electron chi connectivity index (χ4n) is 5.91. The molecule has 3 aliphatic heterocycles. The van der Waals surface area contributed by atoms with Crippen molar-refractivity contribution < 1.29 is 23.8 Å². The number of carbonyl (C=O) groups is 1. The number of hydrogen-bond acceptors (Lipinski definition) is 10. The van der Waals surface area contributed by atoms with Crippen molar-refractivity contribution in [3.8, 4) is 23.2 Å². The largest absolute Gasteiger partial charge is 0.486 e. The smallest absolute Gasteiger partial charge is 0.251 e. The zero-order chi connectivity index (χ0) is 29.9. The number of nitrogens with one attached hydrogen (secondary N) is 1. The minimum atomic E-state index is -1.46. The van der Waals surface area contributed by atoms with Crippen molar-refractivity contribution in [1.82, 2.24) is 24.8 Å². The Balaban J connectivity index is 1.11. The lowest BCUT2D eigenvalue weighted by atomic mass is 10.0. The Labute approximate surface area is 249 Å². The van der Waals surface area contributed by atoms with Crippen molar-refractivity contribution in [3.05, 3.63) is 59.9 Å². The number of aliphatic hydroxyl groups is 1. The van der Waals surface area contributed by atoms with Crippen LogP contribution in [0.3, 0.4) is 0 Å². The summed E-state index contributed by atoms with van der Waals surface area (Å²) in [6.45, 7) is 4.18. The van der Waals surface area contributed by atoms with Crippen molar-refractivity contribution in [2.45, 2.75) is 56.6 Å². The third kappa shape index (κ3) is 6.29. The monoisotopic (exact) mass is 587 g/mol. The summed E-state index contributed by atoms with van der Waals surface area (Å²) in [6.07, 6.45) is 0.523. The van der Waals surface area contributed by atoms with Crippen LogP contribution >= 0.6 is 0 Å². The molecule has 4 atom stereocenters. The number of ether oxygens (including phenoxy) is 2. The van der Waals surface area contributed by atoms with Crippen molar-refractivity contribution >= 4 is 17.5 Å². The van der Waals surface area contributed by atoms with Crippen LogP contribution in [0.2, 0.25) is 0 Å². The van der Waals surface area contributed by atoms with Crippen LogP contribution < -0.4 is 10.1 Å². The minimum Gasteiger partial charge on any atom is -0.486 e. The van der Waals surface area contributed by atoms with Crippen molar-refractivity contribution in [2.75, 3.05) is 38.2 Å².